The molecule has 20 heavy (non-hydrogen) atoms. The molecule has 0 fully saturated rings. The summed E-state index contributed by atoms with van der Waals surface area (Å²) in [4.78, 5) is 13.0. The minimum absolute atomic E-state index is 0.0409. The van der Waals surface area contributed by atoms with Crippen molar-refractivity contribution in [2.24, 2.45) is 0 Å². The molecule has 2 heterocycles. The zero-order valence-electron chi connectivity index (χ0n) is 10.8. The fraction of sp³-hybridized carbons (Fsp3) is 0.267. The third kappa shape index (κ3) is 3.04. The number of thiophene rings is 1. The molecule has 0 atom stereocenters. The van der Waals surface area contributed by atoms with Crippen LogP contribution in [0, 0.1) is 0 Å². The summed E-state index contributed by atoms with van der Waals surface area (Å²) in [5.41, 5.74) is 2.24. The van der Waals surface area contributed by atoms with Gasteiger partial charge < -0.3 is 10.1 Å². The van der Waals surface area contributed by atoms with E-state index in [2.05, 4.69) is 27.3 Å². The highest BCUT2D eigenvalue weighted by Crippen LogP contribution is 2.32. The van der Waals surface area contributed by atoms with E-state index in [9.17, 15) is 4.79 Å². The fourth-order valence-corrected chi connectivity index (χ4v) is 3.56. The molecule has 3 rings (SSSR count). The Morgan fingerprint density at radius 2 is 2.35 bits per heavy atom. The Morgan fingerprint density at radius 3 is 3.15 bits per heavy atom. The summed E-state index contributed by atoms with van der Waals surface area (Å²) in [5.74, 6) is 0.976. The van der Waals surface area contributed by atoms with Gasteiger partial charge >= 0.3 is 0 Å². The second-order valence-corrected chi connectivity index (χ2v) is 6.63. The highest BCUT2D eigenvalue weighted by atomic mass is 79.9. The van der Waals surface area contributed by atoms with Crippen LogP contribution in [0.4, 0.5) is 0 Å². The molecule has 3 nitrogen and oxygen atoms in total. The minimum Gasteiger partial charge on any atom is -0.493 e. The van der Waals surface area contributed by atoms with Gasteiger partial charge in [-0.1, -0.05) is 22.0 Å². The predicted octanol–water partition coefficient (Wildman–Crippen LogP) is 3.30. The van der Waals surface area contributed by atoms with Gasteiger partial charge in [0.2, 0.25) is 5.91 Å². The van der Waals surface area contributed by atoms with Gasteiger partial charge in [-0.05, 0) is 29.1 Å². The number of rotatable bonds is 4. The van der Waals surface area contributed by atoms with Gasteiger partial charge in [-0.3, -0.25) is 4.79 Å². The fourth-order valence-electron chi connectivity index (χ4n) is 2.31. The van der Waals surface area contributed by atoms with E-state index < -0.39 is 0 Å². The molecule has 0 spiro atoms. The first-order valence-corrected chi connectivity index (χ1v) is 8.13. The third-order valence-electron chi connectivity index (χ3n) is 3.22. The lowest BCUT2D eigenvalue weighted by atomic mass is 10.1. The van der Waals surface area contributed by atoms with Gasteiger partial charge in [-0.2, -0.15) is 0 Å². The Labute approximate surface area is 130 Å². The van der Waals surface area contributed by atoms with Crippen LogP contribution >= 0.6 is 27.3 Å². The third-order valence-corrected chi connectivity index (χ3v) is 4.55. The van der Waals surface area contributed by atoms with Gasteiger partial charge in [0, 0.05) is 27.9 Å². The van der Waals surface area contributed by atoms with E-state index in [4.69, 9.17) is 4.74 Å². The summed E-state index contributed by atoms with van der Waals surface area (Å²) in [6, 6.07) is 8.03. The predicted molar refractivity (Wildman–Crippen MR) is 83.2 cm³/mol. The van der Waals surface area contributed by atoms with Crippen LogP contribution in [0.15, 0.2) is 34.1 Å². The van der Waals surface area contributed by atoms with Crippen LogP contribution in [0.5, 0.6) is 5.75 Å². The van der Waals surface area contributed by atoms with Crippen LogP contribution in [0.3, 0.4) is 0 Å². The van der Waals surface area contributed by atoms with E-state index in [1.165, 1.54) is 5.56 Å². The van der Waals surface area contributed by atoms with E-state index in [-0.39, 0.29) is 5.91 Å². The van der Waals surface area contributed by atoms with Gasteiger partial charge in [0.25, 0.3) is 0 Å². The molecule has 0 aliphatic carbocycles. The number of halogens is 1. The first kappa shape index (κ1) is 13.6. The number of nitrogens with one attached hydrogen (secondary N) is 1. The number of hydrogen-bond donors (Lipinski definition) is 1. The topological polar surface area (TPSA) is 38.3 Å². The molecule has 1 aliphatic heterocycles. The monoisotopic (exact) mass is 351 g/mol. The second-order valence-electron chi connectivity index (χ2n) is 4.68. The molecule has 2 aromatic rings. The van der Waals surface area contributed by atoms with Crippen LogP contribution in [0.2, 0.25) is 0 Å². The van der Waals surface area contributed by atoms with Crippen LogP contribution in [0.25, 0.3) is 0 Å². The average Bonchev–Trinajstić information content (AvgIpc) is 3.06. The van der Waals surface area contributed by atoms with E-state index >= 15 is 0 Å². The SMILES string of the molecule is O=C(Cc1cccs1)NCc1cc(Br)cc2c1OCC2. The molecule has 1 amide bonds. The normalized spacial score (nSPS) is 12.8. The van der Waals surface area contributed by atoms with E-state index in [1.807, 2.05) is 23.6 Å². The first-order chi connectivity index (χ1) is 9.72. The molecule has 1 aliphatic rings. The number of ether oxygens (including phenoxy) is 1. The van der Waals surface area contributed by atoms with Crippen LogP contribution in [0.1, 0.15) is 16.0 Å². The lowest BCUT2D eigenvalue weighted by molar-refractivity contribution is -0.120. The zero-order valence-corrected chi connectivity index (χ0v) is 13.2. The smallest absolute Gasteiger partial charge is 0.225 e. The minimum atomic E-state index is 0.0409. The highest BCUT2D eigenvalue weighted by molar-refractivity contribution is 9.10. The lowest BCUT2D eigenvalue weighted by Gasteiger charge is -2.10. The van der Waals surface area contributed by atoms with Crippen molar-refractivity contribution < 1.29 is 9.53 Å². The molecule has 0 saturated heterocycles. The summed E-state index contributed by atoms with van der Waals surface area (Å²) in [5, 5.41) is 4.94. The number of fused-ring (bicyclic) bond motifs is 1. The quantitative estimate of drug-likeness (QED) is 0.917. The summed E-state index contributed by atoms with van der Waals surface area (Å²) in [6.45, 7) is 1.23. The number of hydrogen-bond acceptors (Lipinski definition) is 3. The summed E-state index contributed by atoms with van der Waals surface area (Å²) in [6.07, 6.45) is 1.37. The van der Waals surface area contributed by atoms with Crippen molar-refractivity contribution in [3.63, 3.8) is 0 Å². The Bertz CT molecular complexity index is 625. The molecule has 0 unspecified atom stereocenters. The molecule has 5 heteroatoms. The van der Waals surface area contributed by atoms with Crippen LogP contribution in [-0.2, 0) is 24.2 Å². The lowest BCUT2D eigenvalue weighted by Crippen LogP contribution is -2.24. The number of carbonyl (C=O) groups is 1. The van der Waals surface area contributed by atoms with Crippen molar-refractivity contribution in [1.82, 2.24) is 5.32 Å². The Kier molecular flexibility index (Phi) is 4.08. The van der Waals surface area contributed by atoms with Crippen molar-refractivity contribution in [3.8, 4) is 5.75 Å². The van der Waals surface area contributed by atoms with Gasteiger partial charge in [0.1, 0.15) is 5.75 Å². The molecular formula is C15H14BrNO2S. The van der Waals surface area contributed by atoms with E-state index in [0.29, 0.717) is 13.0 Å². The van der Waals surface area contributed by atoms with Gasteiger partial charge in [-0.15, -0.1) is 11.3 Å². The molecule has 0 saturated carbocycles. The molecule has 0 radical (unpaired) electrons. The zero-order chi connectivity index (χ0) is 13.9. The van der Waals surface area contributed by atoms with Gasteiger partial charge in [0.15, 0.2) is 0 Å². The average molecular weight is 352 g/mol. The first-order valence-electron chi connectivity index (χ1n) is 6.45. The van der Waals surface area contributed by atoms with Gasteiger partial charge in [-0.25, -0.2) is 0 Å². The van der Waals surface area contributed by atoms with Crippen molar-refractivity contribution in [2.75, 3.05) is 6.61 Å². The van der Waals surface area contributed by atoms with Crippen molar-refractivity contribution in [2.45, 2.75) is 19.4 Å². The highest BCUT2D eigenvalue weighted by Gasteiger charge is 2.17. The standard InChI is InChI=1S/C15H14BrNO2S/c16-12-6-10-3-4-19-15(10)11(7-12)9-17-14(18)8-13-2-1-5-20-13/h1-2,5-7H,3-4,8-9H2,(H,17,18). The summed E-state index contributed by atoms with van der Waals surface area (Å²) >= 11 is 5.11. The molecule has 1 aromatic carbocycles. The maximum atomic E-state index is 11.9. The molecule has 104 valence electrons. The largest absolute Gasteiger partial charge is 0.493 e. The summed E-state index contributed by atoms with van der Waals surface area (Å²) in [7, 11) is 0. The Hall–Kier alpha value is -1.33. The summed E-state index contributed by atoms with van der Waals surface area (Å²) < 4.78 is 6.68. The maximum Gasteiger partial charge on any atom is 0.225 e. The van der Waals surface area contributed by atoms with Gasteiger partial charge in [0.05, 0.1) is 13.0 Å². The molecule has 0 bridgehead atoms. The number of benzene rings is 1. The molecular weight excluding hydrogens is 338 g/mol. The number of amides is 1. The Balaban J connectivity index is 1.65. The Morgan fingerprint density at radius 1 is 1.45 bits per heavy atom. The maximum absolute atomic E-state index is 11.9. The molecule has 1 N–H and O–H groups in total. The second kappa shape index (κ2) is 5.97. The van der Waals surface area contributed by atoms with E-state index in [1.54, 1.807) is 11.3 Å². The number of carbonyl (C=O) groups excluding carboxylic acids is 1. The molecule has 1 aromatic heterocycles. The van der Waals surface area contributed by atoms with Crippen molar-refractivity contribution in [3.05, 3.63) is 50.1 Å². The van der Waals surface area contributed by atoms with Crippen molar-refractivity contribution >= 4 is 33.2 Å². The van der Waals surface area contributed by atoms with Crippen LogP contribution < -0.4 is 10.1 Å². The van der Waals surface area contributed by atoms with Crippen LogP contribution in [-0.4, -0.2) is 12.5 Å². The van der Waals surface area contributed by atoms with E-state index in [0.717, 1.165) is 33.7 Å². The van der Waals surface area contributed by atoms with Crippen molar-refractivity contribution in [1.29, 1.82) is 0 Å².